The summed E-state index contributed by atoms with van der Waals surface area (Å²) in [4.78, 5) is 23.4. The molecule has 0 rings (SSSR count). The molecule has 4 nitrogen and oxygen atoms in total. The van der Waals surface area contributed by atoms with Gasteiger partial charge in [-0.2, -0.15) is 0 Å². The Morgan fingerprint density at radius 1 is 0.667 bits per heavy atom. The number of esters is 2. The first-order chi connectivity index (χ1) is 11.6. The van der Waals surface area contributed by atoms with E-state index in [0.29, 0.717) is 0 Å². The number of unbranched alkanes of at least 4 members (excludes halogenated alkanes) is 2. The summed E-state index contributed by atoms with van der Waals surface area (Å²) in [7, 11) is 0. The van der Waals surface area contributed by atoms with Crippen LogP contribution in [0.25, 0.3) is 0 Å². The average molecular weight is 338 g/mol. The van der Waals surface area contributed by atoms with Crippen LogP contribution in [-0.2, 0) is 19.1 Å². The number of ether oxygens (including phenoxy) is 2. The van der Waals surface area contributed by atoms with Gasteiger partial charge in [-0.25, -0.2) is 0 Å². The van der Waals surface area contributed by atoms with Crippen molar-refractivity contribution in [2.75, 3.05) is 0 Å². The molecule has 0 spiro atoms. The molecule has 0 saturated carbocycles. The molecule has 24 heavy (non-hydrogen) atoms. The molecule has 0 bridgehead atoms. The van der Waals surface area contributed by atoms with Crippen LogP contribution in [0.5, 0.6) is 0 Å². The maximum atomic E-state index is 11.7. The molecule has 0 unspecified atom stereocenters. The highest BCUT2D eigenvalue weighted by molar-refractivity contribution is 5.78. The van der Waals surface area contributed by atoms with E-state index >= 15 is 0 Å². The highest BCUT2D eigenvalue weighted by atomic mass is 16.5. The molecule has 0 atom stereocenters. The molecule has 0 aliphatic heterocycles. The first kappa shape index (κ1) is 22.4. The lowest BCUT2D eigenvalue weighted by molar-refractivity contribution is -0.144. The number of carbonyl (C=O) groups excluding carboxylic acids is 2. The SMILES string of the molecule is CCCCC(=COC(=O)CCC(=O)OC=C(CC)CCCC)CC. The van der Waals surface area contributed by atoms with E-state index in [1.165, 1.54) is 0 Å². The number of carbonyl (C=O) groups is 2. The van der Waals surface area contributed by atoms with E-state index in [2.05, 4.69) is 13.8 Å². The van der Waals surface area contributed by atoms with Crippen LogP contribution in [0.1, 0.15) is 91.9 Å². The monoisotopic (exact) mass is 338 g/mol. The van der Waals surface area contributed by atoms with Crippen LogP contribution in [0.3, 0.4) is 0 Å². The van der Waals surface area contributed by atoms with Gasteiger partial charge in [0.2, 0.25) is 0 Å². The van der Waals surface area contributed by atoms with Crippen molar-refractivity contribution in [3.05, 3.63) is 23.7 Å². The summed E-state index contributed by atoms with van der Waals surface area (Å²) in [5.41, 5.74) is 2.25. The number of rotatable bonds is 13. The lowest BCUT2D eigenvalue weighted by atomic mass is 10.1. The van der Waals surface area contributed by atoms with Crippen LogP contribution < -0.4 is 0 Å². The fourth-order valence-electron chi connectivity index (χ4n) is 2.07. The van der Waals surface area contributed by atoms with Crippen LogP contribution in [0, 0.1) is 0 Å². The largest absolute Gasteiger partial charge is 0.435 e. The molecular formula is C20H34O4. The van der Waals surface area contributed by atoms with E-state index in [4.69, 9.17) is 9.47 Å². The summed E-state index contributed by atoms with van der Waals surface area (Å²) in [5, 5.41) is 0. The van der Waals surface area contributed by atoms with Crippen LogP contribution in [-0.4, -0.2) is 11.9 Å². The van der Waals surface area contributed by atoms with Gasteiger partial charge in [0.25, 0.3) is 0 Å². The molecule has 0 aliphatic carbocycles. The van der Waals surface area contributed by atoms with Crippen LogP contribution in [0.4, 0.5) is 0 Å². The zero-order chi connectivity index (χ0) is 18.2. The second kappa shape index (κ2) is 15.0. The van der Waals surface area contributed by atoms with Gasteiger partial charge in [0.05, 0.1) is 25.4 Å². The molecule has 4 heteroatoms. The molecule has 0 amide bonds. The van der Waals surface area contributed by atoms with Crippen molar-refractivity contribution in [2.24, 2.45) is 0 Å². The minimum Gasteiger partial charge on any atom is -0.435 e. The highest BCUT2D eigenvalue weighted by Crippen LogP contribution is 2.13. The van der Waals surface area contributed by atoms with Gasteiger partial charge in [0.15, 0.2) is 0 Å². The third-order valence-corrected chi connectivity index (χ3v) is 3.86. The van der Waals surface area contributed by atoms with Gasteiger partial charge in [-0.3, -0.25) is 9.59 Å². The summed E-state index contributed by atoms with van der Waals surface area (Å²) >= 11 is 0. The zero-order valence-electron chi connectivity index (χ0n) is 15.9. The van der Waals surface area contributed by atoms with E-state index < -0.39 is 0 Å². The van der Waals surface area contributed by atoms with Crippen LogP contribution in [0.2, 0.25) is 0 Å². The Kier molecular flexibility index (Phi) is 14.0. The Morgan fingerprint density at radius 2 is 1.04 bits per heavy atom. The Labute approximate surface area is 147 Å². The topological polar surface area (TPSA) is 52.6 Å². The van der Waals surface area contributed by atoms with E-state index in [1.54, 1.807) is 12.5 Å². The molecule has 0 heterocycles. The van der Waals surface area contributed by atoms with E-state index in [9.17, 15) is 9.59 Å². The van der Waals surface area contributed by atoms with Crippen molar-refractivity contribution in [1.29, 1.82) is 0 Å². The summed E-state index contributed by atoms with van der Waals surface area (Å²) in [5.74, 6) is -0.778. The molecule has 0 aromatic carbocycles. The molecule has 0 aliphatic rings. The molecule has 0 saturated heterocycles. The van der Waals surface area contributed by atoms with Gasteiger partial charge < -0.3 is 9.47 Å². The Morgan fingerprint density at radius 3 is 1.33 bits per heavy atom. The van der Waals surface area contributed by atoms with E-state index in [0.717, 1.165) is 62.5 Å². The normalized spacial score (nSPS) is 12.2. The fourth-order valence-corrected chi connectivity index (χ4v) is 2.07. The number of allylic oxidation sites excluding steroid dienone is 2. The predicted octanol–water partition coefficient (Wildman–Crippen LogP) is 5.82. The first-order valence-corrected chi connectivity index (χ1v) is 9.31. The third kappa shape index (κ3) is 11.9. The van der Waals surface area contributed by atoms with Crippen molar-refractivity contribution in [1.82, 2.24) is 0 Å². The number of hydrogen-bond acceptors (Lipinski definition) is 4. The molecule has 0 radical (unpaired) electrons. The number of hydrogen-bond donors (Lipinski definition) is 0. The Bertz CT molecular complexity index is 381. The van der Waals surface area contributed by atoms with E-state index in [-0.39, 0.29) is 24.8 Å². The lowest BCUT2D eigenvalue weighted by Crippen LogP contribution is -2.07. The zero-order valence-corrected chi connectivity index (χ0v) is 15.9. The third-order valence-electron chi connectivity index (χ3n) is 3.86. The van der Waals surface area contributed by atoms with Crippen LogP contribution in [0.15, 0.2) is 23.7 Å². The summed E-state index contributed by atoms with van der Waals surface area (Å²) in [6, 6.07) is 0. The van der Waals surface area contributed by atoms with Crippen molar-refractivity contribution < 1.29 is 19.1 Å². The van der Waals surface area contributed by atoms with Crippen molar-refractivity contribution in [3.63, 3.8) is 0 Å². The van der Waals surface area contributed by atoms with E-state index in [1.807, 2.05) is 13.8 Å². The molecule has 0 N–H and O–H groups in total. The quantitative estimate of drug-likeness (QED) is 0.313. The molecule has 0 fully saturated rings. The van der Waals surface area contributed by atoms with Crippen molar-refractivity contribution in [2.45, 2.75) is 91.9 Å². The smallest absolute Gasteiger partial charge is 0.311 e. The average Bonchev–Trinajstić information content (AvgIpc) is 2.60. The minimum absolute atomic E-state index is 0.0460. The van der Waals surface area contributed by atoms with Gasteiger partial charge in [0, 0.05) is 0 Å². The molecule has 138 valence electrons. The summed E-state index contributed by atoms with van der Waals surface area (Å²) < 4.78 is 10.2. The predicted molar refractivity (Wildman–Crippen MR) is 97.2 cm³/mol. The van der Waals surface area contributed by atoms with Crippen molar-refractivity contribution in [3.8, 4) is 0 Å². The second-order valence-electron chi connectivity index (χ2n) is 5.95. The summed E-state index contributed by atoms with van der Waals surface area (Å²) in [6.07, 6.45) is 11.2. The standard InChI is InChI=1S/C20H34O4/c1-5-9-11-17(7-3)15-23-19(21)13-14-20(22)24-16-18(8-4)12-10-6-2/h15-16H,5-14H2,1-4H3. The maximum absolute atomic E-state index is 11.7. The minimum atomic E-state index is -0.389. The van der Waals surface area contributed by atoms with Gasteiger partial charge in [0.1, 0.15) is 0 Å². The second-order valence-corrected chi connectivity index (χ2v) is 5.95. The Hall–Kier alpha value is -1.58. The van der Waals surface area contributed by atoms with Crippen LogP contribution >= 0.6 is 0 Å². The van der Waals surface area contributed by atoms with Gasteiger partial charge >= 0.3 is 11.9 Å². The van der Waals surface area contributed by atoms with Gasteiger partial charge in [-0.1, -0.05) is 40.5 Å². The lowest BCUT2D eigenvalue weighted by Gasteiger charge is -2.05. The molecule has 0 aromatic rings. The maximum Gasteiger partial charge on any atom is 0.311 e. The fraction of sp³-hybridized carbons (Fsp3) is 0.700. The van der Waals surface area contributed by atoms with Gasteiger partial charge in [-0.05, 0) is 49.7 Å². The molecule has 0 aromatic heterocycles. The van der Waals surface area contributed by atoms with Crippen molar-refractivity contribution >= 4 is 11.9 Å². The molecular weight excluding hydrogens is 304 g/mol. The summed E-state index contributed by atoms with van der Waals surface area (Å²) in [6.45, 7) is 8.35. The Balaban J connectivity index is 4.14. The van der Waals surface area contributed by atoms with Gasteiger partial charge in [-0.15, -0.1) is 0 Å². The first-order valence-electron chi connectivity index (χ1n) is 9.31. The highest BCUT2D eigenvalue weighted by Gasteiger charge is 2.09.